The third-order valence-electron chi connectivity index (χ3n) is 3.17. The van der Waals surface area contributed by atoms with Crippen LogP contribution in [0.4, 0.5) is 0 Å². The van der Waals surface area contributed by atoms with Crippen molar-refractivity contribution >= 4 is 17.7 Å². The summed E-state index contributed by atoms with van der Waals surface area (Å²) >= 11 is 0. The van der Waals surface area contributed by atoms with Crippen LogP contribution in [0.15, 0.2) is 0 Å². The second-order valence-electron chi connectivity index (χ2n) is 3.99. The Labute approximate surface area is 85.3 Å². The molecular weight excluding hydrogens is 202 g/mol. The second-order valence-corrected chi connectivity index (χ2v) is 3.99. The molecule has 6 heteroatoms. The maximum absolute atomic E-state index is 11.7. The quantitative estimate of drug-likeness (QED) is 0.513. The van der Waals surface area contributed by atoms with E-state index >= 15 is 0 Å². The molecule has 0 aromatic rings. The number of nitrogens with one attached hydrogen (secondary N) is 1. The third-order valence-corrected chi connectivity index (χ3v) is 3.17. The highest BCUT2D eigenvalue weighted by atomic mass is 16.4. The first-order chi connectivity index (χ1) is 7.02. The van der Waals surface area contributed by atoms with E-state index < -0.39 is 41.6 Å². The minimum Gasteiger partial charge on any atom is -0.481 e. The number of hydrogen-bond donors (Lipinski definition) is 3. The third kappa shape index (κ3) is 1.41. The molecule has 2 bridgehead atoms. The Morgan fingerprint density at radius 3 is 1.80 bits per heavy atom. The van der Waals surface area contributed by atoms with Crippen LogP contribution in [0.1, 0.15) is 12.8 Å². The van der Waals surface area contributed by atoms with Gasteiger partial charge in [-0.05, 0) is 12.8 Å². The van der Waals surface area contributed by atoms with Crippen LogP contribution in [0.2, 0.25) is 0 Å². The van der Waals surface area contributed by atoms with E-state index in [4.69, 9.17) is 10.2 Å². The molecule has 2 aliphatic rings. The molecule has 0 spiro atoms. The summed E-state index contributed by atoms with van der Waals surface area (Å²) in [5.74, 6) is -5.54. The van der Waals surface area contributed by atoms with Crippen LogP contribution in [-0.4, -0.2) is 40.0 Å². The normalized spacial score (nSPS) is 39.1. The molecule has 0 amide bonds. The number of carboxylic acid groups (broad SMARTS) is 2. The molecule has 0 aromatic carbocycles. The Hall–Kier alpha value is -1.43. The fraction of sp³-hybridized carbons (Fsp3) is 0.667. The summed E-state index contributed by atoms with van der Waals surface area (Å²) in [6.45, 7) is 0. The van der Waals surface area contributed by atoms with Crippen LogP contribution in [0, 0.1) is 11.8 Å². The number of fused-ring (bicyclic) bond motifs is 2. The first-order valence-corrected chi connectivity index (χ1v) is 4.77. The van der Waals surface area contributed by atoms with Gasteiger partial charge in [-0.2, -0.15) is 0 Å². The van der Waals surface area contributed by atoms with E-state index in [2.05, 4.69) is 5.32 Å². The minimum absolute atomic E-state index is 0.393. The topological polar surface area (TPSA) is 104 Å². The fourth-order valence-electron chi connectivity index (χ4n) is 2.50. The standard InChI is InChI=1S/C9H11NO5/c11-7-5(8(12)13)3-1-2-4(10-3)6(7)9(14)15/h3-6,10H,1-2H2,(H,12,13)(H,14,15). The summed E-state index contributed by atoms with van der Waals surface area (Å²) in [4.78, 5) is 33.4. The van der Waals surface area contributed by atoms with Gasteiger partial charge < -0.3 is 15.5 Å². The Bertz CT molecular complexity index is 309. The van der Waals surface area contributed by atoms with E-state index in [-0.39, 0.29) is 0 Å². The first kappa shape index (κ1) is 10.1. The van der Waals surface area contributed by atoms with E-state index in [1.54, 1.807) is 0 Å². The summed E-state index contributed by atoms with van der Waals surface area (Å²) in [5.41, 5.74) is 0. The lowest BCUT2D eigenvalue weighted by molar-refractivity contribution is -0.155. The van der Waals surface area contributed by atoms with Crippen molar-refractivity contribution in [3.05, 3.63) is 0 Å². The molecule has 2 heterocycles. The molecule has 0 saturated carbocycles. The number of Topliss-reactive ketones (excluding diaryl/α,β-unsaturated/α-hetero) is 1. The van der Waals surface area contributed by atoms with Crippen LogP contribution in [0.25, 0.3) is 0 Å². The zero-order chi connectivity index (χ0) is 11.2. The van der Waals surface area contributed by atoms with E-state index in [1.807, 2.05) is 0 Å². The Kier molecular flexibility index (Phi) is 2.22. The molecule has 0 aromatic heterocycles. The van der Waals surface area contributed by atoms with Crippen molar-refractivity contribution in [3.8, 4) is 0 Å². The highest BCUT2D eigenvalue weighted by Gasteiger charge is 2.53. The molecule has 82 valence electrons. The smallest absolute Gasteiger partial charge is 0.315 e. The predicted octanol–water partition coefficient (Wildman–Crippen LogP) is -0.909. The fourth-order valence-corrected chi connectivity index (χ4v) is 2.50. The van der Waals surface area contributed by atoms with Crippen molar-refractivity contribution in [3.63, 3.8) is 0 Å². The lowest BCUT2D eigenvalue weighted by Crippen LogP contribution is -2.56. The van der Waals surface area contributed by atoms with E-state index in [0.717, 1.165) is 0 Å². The van der Waals surface area contributed by atoms with Crippen LogP contribution < -0.4 is 5.32 Å². The number of carbonyl (C=O) groups excluding carboxylic acids is 1. The summed E-state index contributed by atoms with van der Waals surface area (Å²) in [6, 6.07) is -0.786. The molecule has 3 N–H and O–H groups in total. The first-order valence-electron chi connectivity index (χ1n) is 4.77. The lowest BCUT2D eigenvalue weighted by Gasteiger charge is -2.30. The number of carbonyl (C=O) groups is 3. The summed E-state index contributed by atoms with van der Waals surface area (Å²) in [5, 5.41) is 20.7. The Morgan fingerprint density at radius 1 is 1.07 bits per heavy atom. The number of hydrogen-bond acceptors (Lipinski definition) is 4. The lowest BCUT2D eigenvalue weighted by atomic mass is 9.83. The molecule has 15 heavy (non-hydrogen) atoms. The average molecular weight is 213 g/mol. The van der Waals surface area contributed by atoms with Gasteiger partial charge >= 0.3 is 11.9 Å². The summed E-state index contributed by atoms with van der Waals surface area (Å²) in [7, 11) is 0. The number of piperidine rings is 1. The van der Waals surface area contributed by atoms with Crippen LogP contribution in [0.3, 0.4) is 0 Å². The highest BCUT2D eigenvalue weighted by Crippen LogP contribution is 2.33. The molecule has 2 saturated heterocycles. The molecule has 2 aliphatic heterocycles. The zero-order valence-corrected chi connectivity index (χ0v) is 7.84. The minimum atomic E-state index is -1.23. The van der Waals surface area contributed by atoms with Gasteiger partial charge in [0, 0.05) is 12.1 Å². The van der Waals surface area contributed by atoms with Gasteiger partial charge in [-0.15, -0.1) is 0 Å². The molecule has 6 nitrogen and oxygen atoms in total. The van der Waals surface area contributed by atoms with Crippen molar-refractivity contribution in [2.24, 2.45) is 11.8 Å². The molecule has 0 aliphatic carbocycles. The maximum Gasteiger partial charge on any atom is 0.315 e. The number of aliphatic carboxylic acids is 2. The van der Waals surface area contributed by atoms with Crippen molar-refractivity contribution < 1.29 is 24.6 Å². The van der Waals surface area contributed by atoms with Crippen LogP contribution >= 0.6 is 0 Å². The van der Waals surface area contributed by atoms with Gasteiger partial charge in [-0.3, -0.25) is 14.4 Å². The van der Waals surface area contributed by atoms with Gasteiger partial charge in [0.05, 0.1) is 0 Å². The Morgan fingerprint density at radius 2 is 1.47 bits per heavy atom. The average Bonchev–Trinajstić information content (AvgIpc) is 2.48. The SMILES string of the molecule is O=C(O)C1C(=O)C(C(=O)O)C2CCC1N2. The number of ketones is 1. The zero-order valence-electron chi connectivity index (χ0n) is 7.84. The van der Waals surface area contributed by atoms with Gasteiger partial charge in [-0.25, -0.2) is 0 Å². The largest absolute Gasteiger partial charge is 0.481 e. The molecule has 2 rings (SSSR count). The summed E-state index contributed by atoms with van der Waals surface area (Å²) < 4.78 is 0. The molecule has 2 fully saturated rings. The van der Waals surface area contributed by atoms with Gasteiger partial charge in [0.2, 0.25) is 0 Å². The monoisotopic (exact) mass is 213 g/mol. The maximum atomic E-state index is 11.7. The van der Waals surface area contributed by atoms with Crippen molar-refractivity contribution in [1.82, 2.24) is 5.32 Å². The molecule has 4 atom stereocenters. The highest BCUT2D eigenvalue weighted by molar-refractivity contribution is 6.09. The summed E-state index contributed by atoms with van der Waals surface area (Å²) in [6.07, 6.45) is 1.11. The van der Waals surface area contributed by atoms with Crippen molar-refractivity contribution in [2.45, 2.75) is 24.9 Å². The molecule has 4 unspecified atom stereocenters. The number of carboxylic acids is 2. The predicted molar refractivity (Wildman–Crippen MR) is 47.2 cm³/mol. The van der Waals surface area contributed by atoms with Gasteiger partial charge in [0.25, 0.3) is 0 Å². The van der Waals surface area contributed by atoms with E-state index in [0.29, 0.717) is 12.8 Å². The molecule has 0 radical (unpaired) electrons. The number of rotatable bonds is 2. The van der Waals surface area contributed by atoms with Crippen LogP contribution in [0.5, 0.6) is 0 Å². The molecular formula is C9H11NO5. The van der Waals surface area contributed by atoms with Gasteiger partial charge in [0.1, 0.15) is 11.8 Å². The Balaban J connectivity index is 2.32. The van der Waals surface area contributed by atoms with Crippen LogP contribution in [-0.2, 0) is 14.4 Å². The van der Waals surface area contributed by atoms with E-state index in [1.165, 1.54) is 0 Å². The van der Waals surface area contributed by atoms with Crippen molar-refractivity contribution in [2.75, 3.05) is 0 Å². The van der Waals surface area contributed by atoms with Gasteiger partial charge in [0.15, 0.2) is 5.78 Å². The second kappa shape index (κ2) is 3.30. The van der Waals surface area contributed by atoms with Gasteiger partial charge in [-0.1, -0.05) is 0 Å². The van der Waals surface area contributed by atoms with E-state index in [9.17, 15) is 14.4 Å². The van der Waals surface area contributed by atoms with Crippen molar-refractivity contribution in [1.29, 1.82) is 0 Å².